The normalized spacial score (nSPS) is 30.0. The minimum Gasteiger partial charge on any atom is -0.494 e. The van der Waals surface area contributed by atoms with E-state index in [0.717, 1.165) is 61.7 Å². The highest BCUT2D eigenvalue weighted by Crippen LogP contribution is 2.49. The molecular formula is C26H34N2O3. The Kier molecular flexibility index (Phi) is 5.43. The van der Waals surface area contributed by atoms with Crippen LogP contribution in [0.2, 0.25) is 0 Å². The molecular weight excluding hydrogens is 388 g/mol. The van der Waals surface area contributed by atoms with Gasteiger partial charge in [-0.15, -0.1) is 0 Å². The van der Waals surface area contributed by atoms with Crippen LogP contribution in [0.25, 0.3) is 0 Å². The molecule has 1 N–H and O–H groups in total. The van der Waals surface area contributed by atoms with Gasteiger partial charge in [-0.1, -0.05) is 12.5 Å². The number of aliphatic hydroxyl groups is 1. The number of aromatic nitrogens is 1. The van der Waals surface area contributed by atoms with Crippen molar-refractivity contribution >= 4 is 0 Å². The van der Waals surface area contributed by atoms with Gasteiger partial charge >= 0.3 is 0 Å². The standard InChI is InChI=1S/C26H34N2O3/c1-4-30-23-12-19-11-18(3)31-24(19)13-20(23)14-28-15-21-8-5-9-22(16-28)26(21,29)25-17(2)7-6-10-27-25/h6-7,10,12-13,18,21-22,29H,4-5,8-9,11,14-16H2,1-3H3/t18-,21-,22+,26?/m0/s1. The van der Waals surface area contributed by atoms with Crippen LogP contribution in [0.3, 0.4) is 0 Å². The number of pyridine rings is 1. The van der Waals surface area contributed by atoms with Crippen LogP contribution >= 0.6 is 0 Å². The molecule has 166 valence electrons. The molecule has 2 bridgehead atoms. The lowest BCUT2D eigenvalue weighted by Crippen LogP contribution is -2.58. The Balaban J connectivity index is 1.41. The van der Waals surface area contributed by atoms with E-state index >= 15 is 0 Å². The van der Waals surface area contributed by atoms with Gasteiger partial charge in [0.15, 0.2) is 0 Å². The minimum absolute atomic E-state index is 0.204. The first kappa shape index (κ1) is 20.8. The smallest absolute Gasteiger partial charge is 0.124 e. The summed E-state index contributed by atoms with van der Waals surface area (Å²) in [5.41, 5.74) is 3.60. The maximum Gasteiger partial charge on any atom is 0.124 e. The molecule has 1 saturated carbocycles. The zero-order chi connectivity index (χ0) is 21.6. The first-order chi connectivity index (χ1) is 15.0. The minimum atomic E-state index is -0.820. The summed E-state index contributed by atoms with van der Waals surface area (Å²) in [7, 11) is 0. The Hall–Kier alpha value is -2.11. The number of hydrogen-bond acceptors (Lipinski definition) is 5. The Morgan fingerprint density at radius 1 is 1.26 bits per heavy atom. The highest BCUT2D eigenvalue weighted by atomic mass is 16.5. The SMILES string of the molecule is CCOc1cc2c(cc1CN1C[C@H]3CCC[C@@H](C1)C3(O)c1ncccc1C)O[C@@H](C)C2. The quantitative estimate of drug-likeness (QED) is 0.781. The van der Waals surface area contributed by atoms with Gasteiger partial charge in [0.25, 0.3) is 0 Å². The second kappa shape index (κ2) is 8.10. The molecule has 0 amide bonds. The van der Waals surface area contributed by atoms with E-state index in [4.69, 9.17) is 9.47 Å². The van der Waals surface area contributed by atoms with Crippen molar-refractivity contribution < 1.29 is 14.6 Å². The fraction of sp³-hybridized carbons (Fsp3) is 0.577. The van der Waals surface area contributed by atoms with E-state index in [0.29, 0.717) is 6.61 Å². The van der Waals surface area contributed by atoms with Gasteiger partial charge < -0.3 is 14.6 Å². The molecule has 0 spiro atoms. The van der Waals surface area contributed by atoms with E-state index in [9.17, 15) is 5.11 Å². The number of piperidine rings is 1. The van der Waals surface area contributed by atoms with Gasteiger partial charge in [-0.25, -0.2) is 0 Å². The fourth-order valence-corrected chi connectivity index (χ4v) is 6.10. The predicted octanol–water partition coefficient (Wildman–Crippen LogP) is 4.23. The maximum absolute atomic E-state index is 11.9. The van der Waals surface area contributed by atoms with Gasteiger partial charge in [0.05, 0.1) is 12.3 Å². The lowest BCUT2D eigenvalue weighted by molar-refractivity contribution is -0.151. The molecule has 1 saturated heterocycles. The van der Waals surface area contributed by atoms with Gasteiger partial charge in [-0.3, -0.25) is 9.88 Å². The second-order valence-corrected chi connectivity index (χ2v) is 9.65. The average Bonchev–Trinajstić information content (AvgIpc) is 3.08. The van der Waals surface area contributed by atoms with Crippen LogP contribution in [0.4, 0.5) is 0 Å². The summed E-state index contributed by atoms with van der Waals surface area (Å²) >= 11 is 0. The van der Waals surface area contributed by atoms with Gasteiger partial charge in [0, 0.05) is 55.2 Å². The number of benzene rings is 1. The number of fused-ring (bicyclic) bond motifs is 3. The van der Waals surface area contributed by atoms with E-state index in [-0.39, 0.29) is 17.9 Å². The van der Waals surface area contributed by atoms with Crippen LogP contribution in [-0.2, 0) is 18.6 Å². The number of hydrogen-bond donors (Lipinski definition) is 1. The molecule has 1 aliphatic carbocycles. The molecule has 2 aliphatic heterocycles. The number of ether oxygens (including phenoxy) is 2. The molecule has 5 rings (SSSR count). The van der Waals surface area contributed by atoms with Crippen LogP contribution in [0.5, 0.6) is 11.5 Å². The third kappa shape index (κ3) is 3.62. The summed E-state index contributed by atoms with van der Waals surface area (Å²) < 4.78 is 12.0. The largest absolute Gasteiger partial charge is 0.494 e. The molecule has 2 aromatic rings. The third-order valence-corrected chi connectivity index (χ3v) is 7.47. The Bertz CT molecular complexity index is 946. The van der Waals surface area contributed by atoms with E-state index in [2.05, 4.69) is 41.9 Å². The zero-order valence-corrected chi connectivity index (χ0v) is 18.9. The molecule has 3 heterocycles. The van der Waals surface area contributed by atoms with Crippen molar-refractivity contribution in [1.82, 2.24) is 9.88 Å². The summed E-state index contributed by atoms with van der Waals surface area (Å²) in [6.45, 7) is 9.47. The van der Waals surface area contributed by atoms with E-state index < -0.39 is 5.60 Å². The van der Waals surface area contributed by atoms with E-state index in [1.54, 1.807) is 0 Å². The number of rotatable bonds is 5. The van der Waals surface area contributed by atoms with Crippen LogP contribution < -0.4 is 9.47 Å². The van der Waals surface area contributed by atoms with Gasteiger partial charge in [0.1, 0.15) is 23.2 Å². The Labute approximate surface area is 185 Å². The van der Waals surface area contributed by atoms with Crippen LogP contribution in [0.1, 0.15) is 55.5 Å². The first-order valence-electron chi connectivity index (χ1n) is 11.8. The lowest BCUT2D eigenvalue weighted by atomic mass is 9.63. The fourth-order valence-electron chi connectivity index (χ4n) is 6.10. The molecule has 3 aliphatic rings. The lowest BCUT2D eigenvalue weighted by Gasteiger charge is -2.53. The van der Waals surface area contributed by atoms with Crippen molar-refractivity contribution in [2.45, 2.75) is 64.7 Å². The maximum atomic E-state index is 11.9. The molecule has 1 aromatic heterocycles. The number of aryl methyl sites for hydroxylation is 1. The summed E-state index contributed by atoms with van der Waals surface area (Å²) in [5.74, 6) is 2.39. The number of likely N-dealkylation sites (tertiary alicyclic amines) is 1. The molecule has 5 nitrogen and oxygen atoms in total. The van der Waals surface area contributed by atoms with Crippen molar-refractivity contribution in [3.8, 4) is 11.5 Å². The molecule has 1 unspecified atom stereocenters. The molecule has 31 heavy (non-hydrogen) atoms. The van der Waals surface area contributed by atoms with Crippen molar-refractivity contribution in [1.29, 1.82) is 0 Å². The van der Waals surface area contributed by atoms with Crippen LogP contribution in [-0.4, -0.2) is 40.8 Å². The van der Waals surface area contributed by atoms with Gasteiger partial charge in [-0.05, 0) is 57.4 Å². The summed E-state index contributed by atoms with van der Waals surface area (Å²) in [6, 6.07) is 8.39. The van der Waals surface area contributed by atoms with Crippen molar-refractivity contribution in [3.63, 3.8) is 0 Å². The number of nitrogens with zero attached hydrogens (tertiary/aromatic N) is 2. The molecule has 2 fully saturated rings. The van der Waals surface area contributed by atoms with E-state index in [1.807, 2.05) is 19.2 Å². The Morgan fingerprint density at radius 2 is 2.03 bits per heavy atom. The second-order valence-electron chi connectivity index (χ2n) is 9.65. The molecule has 1 aromatic carbocycles. The monoisotopic (exact) mass is 422 g/mol. The molecule has 5 heteroatoms. The van der Waals surface area contributed by atoms with Crippen molar-refractivity contribution in [2.24, 2.45) is 11.8 Å². The zero-order valence-electron chi connectivity index (χ0n) is 18.9. The summed E-state index contributed by atoms with van der Waals surface area (Å²) in [6.07, 6.45) is 6.27. The van der Waals surface area contributed by atoms with Crippen LogP contribution in [0, 0.1) is 18.8 Å². The summed E-state index contributed by atoms with van der Waals surface area (Å²) in [5, 5.41) is 11.9. The van der Waals surface area contributed by atoms with Crippen molar-refractivity contribution in [2.75, 3.05) is 19.7 Å². The Morgan fingerprint density at radius 3 is 2.74 bits per heavy atom. The van der Waals surface area contributed by atoms with E-state index in [1.165, 1.54) is 17.5 Å². The molecule has 0 radical (unpaired) electrons. The average molecular weight is 423 g/mol. The van der Waals surface area contributed by atoms with Gasteiger partial charge in [0.2, 0.25) is 0 Å². The van der Waals surface area contributed by atoms with Crippen molar-refractivity contribution in [3.05, 3.63) is 52.8 Å². The van der Waals surface area contributed by atoms with Gasteiger partial charge in [-0.2, -0.15) is 0 Å². The highest BCUT2D eigenvalue weighted by Gasteiger charge is 2.52. The molecule has 4 atom stereocenters. The topological polar surface area (TPSA) is 54.8 Å². The summed E-state index contributed by atoms with van der Waals surface area (Å²) in [4.78, 5) is 7.15. The highest BCUT2D eigenvalue weighted by molar-refractivity contribution is 5.48. The third-order valence-electron chi connectivity index (χ3n) is 7.47. The first-order valence-corrected chi connectivity index (χ1v) is 11.8. The predicted molar refractivity (Wildman–Crippen MR) is 120 cm³/mol. The van der Waals surface area contributed by atoms with Crippen LogP contribution in [0.15, 0.2) is 30.5 Å².